The molecular weight excluding hydrogens is 348 g/mol. The molecule has 1 aliphatic carbocycles. The Morgan fingerprint density at radius 1 is 1.23 bits per heavy atom. The maximum atomic E-state index is 10.8. The van der Waals surface area contributed by atoms with Crippen LogP contribution in [0, 0.1) is 12.8 Å². The standard InChI is InChI=1S/C21H27ClN2O2/c1-15-12-20(10-11-21(25)26)23-24(15)14-18-13-19(22)9-8-17(18)7-6-16-4-2-3-5-16/h8-9,12-13,16H,2-7,10-11,14H2,1H3,(H,25,26). The summed E-state index contributed by atoms with van der Waals surface area (Å²) in [6.45, 7) is 2.69. The predicted octanol–water partition coefficient (Wildman–Crippen LogP) is 5.03. The van der Waals surface area contributed by atoms with Crippen molar-refractivity contribution in [3.63, 3.8) is 0 Å². The van der Waals surface area contributed by atoms with E-state index in [9.17, 15) is 4.79 Å². The van der Waals surface area contributed by atoms with Crippen molar-refractivity contribution in [1.29, 1.82) is 0 Å². The highest BCUT2D eigenvalue weighted by Gasteiger charge is 2.16. The molecule has 140 valence electrons. The summed E-state index contributed by atoms with van der Waals surface area (Å²) < 4.78 is 1.96. The zero-order chi connectivity index (χ0) is 18.5. The van der Waals surface area contributed by atoms with Gasteiger partial charge in [-0.2, -0.15) is 5.10 Å². The van der Waals surface area contributed by atoms with Crippen LogP contribution >= 0.6 is 11.6 Å². The fourth-order valence-corrected chi connectivity index (χ4v) is 4.10. The number of hydrogen-bond donors (Lipinski definition) is 1. The minimum atomic E-state index is -0.791. The number of halogens is 1. The van der Waals surface area contributed by atoms with Crippen molar-refractivity contribution in [2.45, 2.75) is 64.8 Å². The van der Waals surface area contributed by atoms with E-state index in [2.05, 4.69) is 11.2 Å². The molecule has 4 nitrogen and oxygen atoms in total. The minimum absolute atomic E-state index is 0.111. The third-order valence-corrected chi connectivity index (χ3v) is 5.65. The molecule has 0 spiro atoms. The van der Waals surface area contributed by atoms with Crippen LogP contribution in [0.15, 0.2) is 24.3 Å². The number of carboxylic acids is 1. The second-order valence-corrected chi connectivity index (χ2v) is 7.87. The van der Waals surface area contributed by atoms with Crippen LogP contribution in [0.4, 0.5) is 0 Å². The molecule has 2 aromatic rings. The van der Waals surface area contributed by atoms with Crippen molar-refractivity contribution >= 4 is 17.6 Å². The summed E-state index contributed by atoms with van der Waals surface area (Å²) in [7, 11) is 0. The third kappa shape index (κ3) is 5.10. The van der Waals surface area contributed by atoms with Gasteiger partial charge in [0.25, 0.3) is 0 Å². The van der Waals surface area contributed by atoms with Crippen LogP contribution in [0.3, 0.4) is 0 Å². The largest absolute Gasteiger partial charge is 0.481 e. The number of carboxylic acid groups (broad SMARTS) is 1. The monoisotopic (exact) mass is 374 g/mol. The van der Waals surface area contributed by atoms with Crippen molar-refractivity contribution in [3.8, 4) is 0 Å². The van der Waals surface area contributed by atoms with Gasteiger partial charge in [0.1, 0.15) is 0 Å². The Hall–Kier alpha value is -1.81. The molecule has 0 amide bonds. The Morgan fingerprint density at radius 3 is 2.73 bits per heavy atom. The lowest BCUT2D eigenvalue weighted by atomic mass is 9.95. The molecule has 0 unspecified atom stereocenters. The highest BCUT2D eigenvalue weighted by Crippen LogP contribution is 2.30. The molecule has 0 atom stereocenters. The number of rotatable bonds is 8. The van der Waals surface area contributed by atoms with Crippen LogP contribution in [0.1, 0.15) is 61.0 Å². The van der Waals surface area contributed by atoms with Crippen LogP contribution in [0.5, 0.6) is 0 Å². The van der Waals surface area contributed by atoms with E-state index in [0.29, 0.717) is 13.0 Å². The van der Waals surface area contributed by atoms with Gasteiger partial charge in [-0.05, 0) is 55.0 Å². The Kier molecular flexibility index (Phi) is 6.36. The fraction of sp³-hybridized carbons (Fsp3) is 0.524. The molecule has 1 fully saturated rings. The maximum Gasteiger partial charge on any atom is 0.303 e. The highest BCUT2D eigenvalue weighted by atomic mass is 35.5. The molecule has 1 aromatic carbocycles. The van der Waals surface area contributed by atoms with Gasteiger partial charge in [-0.3, -0.25) is 9.48 Å². The van der Waals surface area contributed by atoms with E-state index in [1.54, 1.807) is 0 Å². The van der Waals surface area contributed by atoms with Gasteiger partial charge in [-0.25, -0.2) is 0 Å². The zero-order valence-corrected chi connectivity index (χ0v) is 16.1. The van der Waals surface area contributed by atoms with Crippen LogP contribution in [0.25, 0.3) is 0 Å². The summed E-state index contributed by atoms with van der Waals surface area (Å²) in [5.74, 6) is 0.0776. The van der Waals surface area contributed by atoms with Gasteiger partial charge >= 0.3 is 5.97 Å². The van der Waals surface area contributed by atoms with E-state index in [1.165, 1.54) is 43.2 Å². The summed E-state index contributed by atoms with van der Waals surface area (Å²) in [4.78, 5) is 10.8. The van der Waals surface area contributed by atoms with Crippen LogP contribution in [-0.4, -0.2) is 20.9 Å². The first-order chi connectivity index (χ1) is 12.5. The molecule has 0 radical (unpaired) electrons. The van der Waals surface area contributed by atoms with Crippen molar-refractivity contribution in [2.24, 2.45) is 5.92 Å². The van der Waals surface area contributed by atoms with Crippen LogP contribution in [-0.2, 0) is 24.2 Å². The van der Waals surface area contributed by atoms with Crippen molar-refractivity contribution < 1.29 is 9.90 Å². The summed E-state index contributed by atoms with van der Waals surface area (Å²) in [6, 6.07) is 8.15. The van der Waals surface area contributed by atoms with E-state index < -0.39 is 5.97 Å². The van der Waals surface area contributed by atoms with Crippen LogP contribution < -0.4 is 0 Å². The number of hydrogen-bond acceptors (Lipinski definition) is 2. The minimum Gasteiger partial charge on any atom is -0.481 e. The molecule has 1 aromatic heterocycles. The maximum absolute atomic E-state index is 10.8. The number of benzene rings is 1. The van der Waals surface area contributed by atoms with Gasteiger partial charge in [0.05, 0.1) is 18.7 Å². The molecule has 3 rings (SSSR count). The number of aryl methyl sites for hydroxylation is 3. The fourth-order valence-electron chi connectivity index (χ4n) is 3.90. The lowest BCUT2D eigenvalue weighted by Gasteiger charge is -2.14. The molecule has 0 aliphatic heterocycles. The SMILES string of the molecule is Cc1cc(CCC(=O)O)nn1Cc1cc(Cl)ccc1CCC1CCCC1. The van der Waals surface area contributed by atoms with E-state index >= 15 is 0 Å². The Balaban J connectivity index is 1.71. The molecule has 1 heterocycles. The molecule has 1 aliphatic rings. The molecule has 1 saturated carbocycles. The normalized spacial score (nSPS) is 14.8. The quantitative estimate of drug-likeness (QED) is 0.704. The van der Waals surface area contributed by atoms with Gasteiger partial charge < -0.3 is 5.11 Å². The van der Waals surface area contributed by atoms with Crippen molar-refractivity contribution in [1.82, 2.24) is 9.78 Å². The van der Waals surface area contributed by atoms with Gasteiger partial charge in [-0.15, -0.1) is 0 Å². The molecule has 26 heavy (non-hydrogen) atoms. The zero-order valence-electron chi connectivity index (χ0n) is 15.4. The molecule has 0 bridgehead atoms. The van der Waals surface area contributed by atoms with Gasteiger partial charge in [0.2, 0.25) is 0 Å². The predicted molar refractivity (Wildman–Crippen MR) is 104 cm³/mol. The molecule has 5 heteroatoms. The Bertz CT molecular complexity index is 763. The van der Waals surface area contributed by atoms with Gasteiger partial charge in [0, 0.05) is 17.1 Å². The first-order valence-corrected chi connectivity index (χ1v) is 9.91. The number of aliphatic carboxylic acids is 1. The second-order valence-electron chi connectivity index (χ2n) is 7.43. The third-order valence-electron chi connectivity index (χ3n) is 5.41. The summed E-state index contributed by atoms with van der Waals surface area (Å²) >= 11 is 6.24. The van der Waals surface area contributed by atoms with Gasteiger partial charge in [0.15, 0.2) is 0 Å². The average molecular weight is 375 g/mol. The van der Waals surface area contributed by atoms with E-state index in [-0.39, 0.29) is 6.42 Å². The highest BCUT2D eigenvalue weighted by molar-refractivity contribution is 6.30. The van der Waals surface area contributed by atoms with E-state index in [4.69, 9.17) is 16.7 Å². The first-order valence-electron chi connectivity index (χ1n) is 9.53. The number of carbonyl (C=O) groups is 1. The Morgan fingerprint density at radius 2 is 2.00 bits per heavy atom. The van der Waals surface area contributed by atoms with Crippen molar-refractivity contribution in [3.05, 3.63) is 51.8 Å². The molecular formula is C21H27ClN2O2. The summed E-state index contributed by atoms with van der Waals surface area (Å²) in [6.07, 6.45) is 8.41. The number of aromatic nitrogens is 2. The molecule has 0 saturated heterocycles. The first kappa shape index (κ1) is 19.0. The smallest absolute Gasteiger partial charge is 0.303 e. The van der Waals surface area contributed by atoms with E-state index in [0.717, 1.165) is 28.7 Å². The van der Waals surface area contributed by atoms with E-state index in [1.807, 2.05) is 29.8 Å². The second kappa shape index (κ2) is 8.72. The molecule has 1 N–H and O–H groups in total. The average Bonchev–Trinajstić information content (AvgIpc) is 3.22. The lowest BCUT2D eigenvalue weighted by Crippen LogP contribution is -2.08. The number of nitrogens with zero attached hydrogens (tertiary/aromatic N) is 2. The summed E-state index contributed by atoms with van der Waals surface area (Å²) in [5.41, 5.74) is 4.45. The van der Waals surface area contributed by atoms with Gasteiger partial charge in [-0.1, -0.05) is 43.4 Å². The summed E-state index contributed by atoms with van der Waals surface area (Å²) in [5, 5.41) is 14.2. The van der Waals surface area contributed by atoms with Crippen molar-refractivity contribution in [2.75, 3.05) is 0 Å². The topological polar surface area (TPSA) is 55.1 Å². The lowest BCUT2D eigenvalue weighted by molar-refractivity contribution is -0.136. The Labute approximate surface area is 160 Å². The van der Waals surface area contributed by atoms with Crippen LogP contribution in [0.2, 0.25) is 5.02 Å².